The Hall–Kier alpha value is -3.98. The number of anilines is 1. The third-order valence-electron chi connectivity index (χ3n) is 5.15. The molecule has 1 amide bonds. The summed E-state index contributed by atoms with van der Waals surface area (Å²) >= 11 is 1.18. The van der Waals surface area contributed by atoms with Gasteiger partial charge < -0.3 is 14.6 Å². The van der Waals surface area contributed by atoms with Crippen molar-refractivity contribution in [1.29, 1.82) is 0 Å². The van der Waals surface area contributed by atoms with E-state index in [1.807, 2.05) is 41.1 Å². The Balaban J connectivity index is 1.56. The molecule has 0 bridgehead atoms. The molecule has 0 spiro atoms. The Labute approximate surface area is 193 Å². The van der Waals surface area contributed by atoms with Gasteiger partial charge in [-0.05, 0) is 30.0 Å². The first-order valence-corrected chi connectivity index (χ1v) is 11.2. The molecule has 0 saturated carbocycles. The SMILES string of the molecule is CCOC(=O)c1c(-c2cccc([N+](=O)[O-])c2)csc1NC(=O)CCn1ccc2ccccc21. The molecule has 0 unspecified atom stereocenters. The lowest BCUT2D eigenvalue weighted by Crippen LogP contribution is -2.16. The molecule has 4 aromatic rings. The summed E-state index contributed by atoms with van der Waals surface area (Å²) in [6.45, 7) is 2.34. The van der Waals surface area contributed by atoms with E-state index in [0.717, 1.165) is 10.9 Å². The van der Waals surface area contributed by atoms with E-state index in [2.05, 4.69) is 5.32 Å². The number of hydrogen-bond acceptors (Lipinski definition) is 6. The number of para-hydroxylation sites is 1. The second-order valence-corrected chi connectivity index (χ2v) is 8.13. The molecular weight excluding hydrogens is 442 g/mol. The van der Waals surface area contributed by atoms with E-state index in [1.54, 1.807) is 24.4 Å². The number of nitro benzene ring substituents is 1. The minimum atomic E-state index is -0.591. The maximum absolute atomic E-state index is 12.7. The van der Waals surface area contributed by atoms with Crippen LogP contribution in [-0.2, 0) is 16.1 Å². The quantitative estimate of drug-likeness (QED) is 0.212. The molecule has 2 aromatic carbocycles. The smallest absolute Gasteiger partial charge is 0.341 e. The summed E-state index contributed by atoms with van der Waals surface area (Å²) < 4.78 is 7.20. The molecule has 0 saturated heterocycles. The average molecular weight is 464 g/mol. The Kier molecular flexibility index (Phi) is 6.50. The number of carbonyl (C=O) groups is 2. The van der Waals surface area contributed by atoms with E-state index >= 15 is 0 Å². The van der Waals surface area contributed by atoms with Crippen molar-refractivity contribution in [1.82, 2.24) is 4.57 Å². The second-order valence-electron chi connectivity index (χ2n) is 7.25. The minimum absolute atomic E-state index is 0.0851. The molecule has 8 nitrogen and oxygen atoms in total. The van der Waals surface area contributed by atoms with Crippen LogP contribution in [0.4, 0.5) is 10.7 Å². The fourth-order valence-electron chi connectivity index (χ4n) is 3.60. The van der Waals surface area contributed by atoms with Gasteiger partial charge in [-0.3, -0.25) is 14.9 Å². The van der Waals surface area contributed by atoms with Crippen molar-refractivity contribution in [2.45, 2.75) is 19.9 Å². The van der Waals surface area contributed by atoms with Crippen LogP contribution in [0.25, 0.3) is 22.0 Å². The maximum atomic E-state index is 12.7. The molecule has 0 aliphatic heterocycles. The van der Waals surface area contributed by atoms with Crippen LogP contribution in [0.2, 0.25) is 0 Å². The lowest BCUT2D eigenvalue weighted by molar-refractivity contribution is -0.384. The van der Waals surface area contributed by atoms with E-state index in [9.17, 15) is 19.7 Å². The van der Waals surface area contributed by atoms with Gasteiger partial charge in [-0.1, -0.05) is 30.3 Å². The zero-order valence-corrected chi connectivity index (χ0v) is 18.6. The zero-order valence-electron chi connectivity index (χ0n) is 17.8. The topological polar surface area (TPSA) is 103 Å². The van der Waals surface area contributed by atoms with E-state index < -0.39 is 10.9 Å². The van der Waals surface area contributed by atoms with Crippen molar-refractivity contribution in [2.24, 2.45) is 0 Å². The van der Waals surface area contributed by atoms with Gasteiger partial charge in [0.15, 0.2) is 0 Å². The first-order valence-electron chi connectivity index (χ1n) is 10.3. The van der Waals surface area contributed by atoms with E-state index in [4.69, 9.17) is 4.74 Å². The maximum Gasteiger partial charge on any atom is 0.341 e. The van der Waals surface area contributed by atoms with Crippen LogP contribution in [0.3, 0.4) is 0 Å². The molecule has 0 fully saturated rings. The molecule has 1 N–H and O–H groups in total. The van der Waals surface area contributed by atoms with Crippen molar-refractivity contribution in [2.75, 3.05) is 11.9 Å². The number of carbonyl (C=O) groups excluding carboxylic acids is 2. The summed E-state index contributed by atoms with van der Waals surface area (Å²) in [6, 6.07) is 15.9. The highest BCUT2D eigenvalue weighted by molar-refractivity contribution is 7.15. The third kappa shape index (κ3) is 4.78. The van der Waals surface area contributed by atoms with Crippen molar-refractivity contribution >= 4 is 44.8 Å². The number of aromatic nitrogens is 1. The number of nitrogens with zero attached hydrogens (tertiary/aromatic N) is 2. The molecule has 0 aliphatic carbocycles. The molecule has 33 heavy (non-hydrogen) atoms. The average Bonchev–Trinajstić information content (AvgIpc) is 3.42. The number of nitrogens with one attached hydrogen (secondary N) is 1. The highest BCUT2D eigenvalue weighted by Crippen LogP contribution is 2.37. The molecule has 9 heteroatoms. The fourth-order valence-corrected chi connectivity index (χ4v) is 4.58. The molecule has 0 aliphatic rings. The normalized spacial score (nSPS) is 10.8. The van der Waals surface area contributed by atoms with Crippen molar-refractivity contribution in [3.8, 4) is 11.1 Å². The van der Waals surface area contributed by atoms with Crippen LogP contribution in [0, 0.1) is 10.1 Å². The standard InChI is InChI=1S/C24H21N3O5S/c1-2-32-24(29)22-19(17-7-5-8-18(14-17)27(30)31)15-33-23(22)25-21(28)11-13-26-12-10-16-6-3-4-9-20(16)26/h3-10,12,14-15H,2,11,13H2,1H3,(H,25,28). The highest BCUT2D eigenvalue weighted by Gasteiger charge is 2.23. The van der Waals surface area contributed by atoms with Gasteiger partial charge in [-0.2, -0.15) is 0 Å². The fraction of sp³-hybridized carbons (Fsp3) is 0.167. The van der Waals surface area contributed by atoms with E-state index in [-0.39, 0.29) is 30.2 Å². The number of fused-ring (bicyclic) bond motifs is 1. The highest BCUT2D eigenvalue weighted by atomic mass is 32.1. The summed E-state index contributed by atoms with van der Waals surface area (Å²) in [4.78, 5) is 36.1. The number of rotatable bonds is 8. The summed E-state index contributed by atoms with van der Waals surface area (Å²) in [5, 5.41) is 17.1. The minimum Gasteiger partial charge on any atom is -0.462 e. The van der Waals surface area contributed by atoms with Crippen LogP contribution in [0.5, 0.6) is 0 Å². The number of benzene rings is 2. The second kappa shape index (κ2) is 9.66. The van der Waals surface area contributed by atoms with Crippen molar-refractivity contribution in [3.05, 3.63) is 81.9 Å². The number of esters is 1. The van der Waals surface area contributed by atoms with Gasteiger partial charge in [0.05, 0.1) is 11.5 Å². The predicted octanol–water partition coefficient (Wildman–Crippen LogP) is 5.48. The van der Waals surface area contributed by atoms with Crippen LogP contribution in [0.1, 0.15) is 23.7 Å². The number of hydrogen-bond donors (Lipinski definition) is 1. The van der Waals surface area contributed by atoms with Gasteiger partial charge >= 0.3 is 5.97 Å². The van der Waals surface area contributed by atoms with Gasteiger partial charge in [0.2, 0.25) is 5.91 Å². The molecule has 0 radical (unpaired) electrons. The molecular formula is C24H21N3O5S. The van der Waals surface area contributed by atoms with Crippen molar-refractivity contribution < 1.29 is 19.2 Å². The van der Waals surface area contributed by atoms with Gasteiger partial charge in [0, 0.05) is 47.8 Å². The Morgan fingerprint density at radius 3 is 2.76 bits per heavy atom. The Morgan fingerprint density at radius 2 is 1.97 bits per heavy atom. The molecule has 168 valence electrons. The third-order valence-corrected chi connectivity index (χ3v) is 6.05. The summed E-state index contributed by atoms with van der Waals surface area (Å²) in [5.41, 5.74) is 2.14. The number of ether oxygens (including phenoxy) is 1. The number of non-ortho nitro benzene ring substituents is 1. The predicted molar refractivity (Wildman–Crippen MR) is 128 cm³/mol. The summed E-state index contributed by atoms with van der Waals surface area (Å²) in [6.07, 6.45) is 2.15. The molecule has 2 aromatic heterocycles. The van der Waals surface area contributed by atoms with Crippen LogP contribution >= 0.6 is 11.3 Å². The van der Waals surface area contributed by atoms with E-state index in [0.29, 0.717) is 22.7 Å². The Morgan fingerprint density at radius 1 is 1.15 bits per heavy atom. The largest absolute Gasteiger partial charge is 0.462 e. The molecule has 4 rings (SSSR count). The summed E-state index contributed by atoms with van der Waals surface area (Å²) in [5.74, 6) is -0.835. The van der Waals surface area contributed by atoms with Crippen LogP contribution < -0.4 is 5.32 Å². The lowest BCUT2D eigenvalue weighted by atomic mass is 10.0. The van der Waals surface area contributed by atoms with Crippen LogP contribution in [0.15, 0.2) is 66.2 Å². The monoisotopic (exact) mass is 463 g/mol. The van der Waals surface area contributed by atoms with Crippen LogP contribution in [-0.4, -0.2) is 28.0 Å². The lowest BCUT2D eigenvalue weighted by Gasteiger charge is -2.10. The van der Waals surface area contributed by atoms with E-state index in [1.165, 1.54) is 23.5 Å². The van der Waals surface area contributed by atoms with Gasteiger partial charge in [-0.15, -0.1) is 11.3 Å². The number of nitro groups is 1. The first-order chi connectivity index (χ1) is 16.0. The first kappa shape index (κ1) is 22.2. The van der Waals surface area contributed by atoms with Gasteiger partial charge in [0.1, 0.15) is 10.6 Å². The number of aryl methyl sites for hydroxylation is 1. The zero-order chi connectivity index (χ0) is 23.4. The molecule has 0 atom stereocenters. The number of thiophene rings is 1. The van der Waals surface area contributed by atoms with Crippen molar-refractivity contribution in [3.63, 3.8) is 0 Å². The summed E-state index contributed by atoms with van der Waals surface area (Å²) in [7, 11) is 0. The number of amides is 1. The molecule has 2 heterocycles. The Bertz CT molecular complexity index is 1340. The van der Waals surface area contributed by atoms with Gasteiger partial charge in [0.25, 0.3) is 5.69 Å². The van der Waals surface area contributed by atoms with Gasteiger partial charge in [-0.25, -0.2) is 4.79 Å².